The third-order valence-electron chi connectivity index (χ3n) is 7.30. The zero-order chi connectivity index (χ0) is 27.4. The predicted molar refractivity (Wildman–Crippen MR) is 149 cm³/mol. The first-order valence-corrected chi connectivity index (χ1v) is 14.9. The summed E-state index contributed by atoms with van der Waals surface area (Å²) in [7, 11) is 1.89. The molecule has 3 N–H and O–H groups in total. The fraction of sp³-hybridized carbons (Fsp3) is 0.560. The van der Waals surface area contributed by atoms with Gasteiger partial charge >= 0.3 is 0 Å². The average Bonchev–Trinajstić information content (AvgIpc) is 3.34. The molecule has 2 atom stereocenters. The minimum atomic E-state index is -3.33. The Bertz CT molecular complexity index is 1250. The predicted octanol–water partition coefficient (Wildman–Crippen LogP) is 2.93. The van der Waals surface area contributed by atoms with Gasteiger partial charge in [-0.05, 0) is 70.4 Å². The number of nitrogens with zero attached hydrogens (tertiary/aromatic N) is 4. The largest absolute Gasteiger partial charge is 0.495 e. The van der Waals surface area contributed by atoms with Gasteiger partial charge in [-0.3, -0.25) is 4.79 Å². The Kier molecular flexibility index (Phi) is 8.96. The average molecular weight is 566 g/mol. The highest BCUT2D eigenvalue weighted by atomic mass is 35.5. The Morgan fingerprint density at radius 1 is 1.21 bits per heavy atom. The van der Waals surface area contributed by atoms with Crippen LogP contribution in [0.5, 0.6) is 5.75 Å². The standard InChI is InChI=1S/C25H36ClN7O4S/c1-32-12-10-17(11-13-32)28-24(34)16-8-9-22(37-3)20(14-16)30-25-27-15-18(26)23(31-25)29-19-6-5-7-21(19)33(2)38(4,35)36/h8-9,14-15,17,19,21H,5-7,10-13H2,1-4H3,(H,28,34)(H2,27,29,30,31)/t19-,21-/m1/s1. The maximum atomic E-state index is 12.9. The molecule has 1 aliphatic heterocycles. The summed E-state index contributed by atoms with van der Waals surface area (Å²) in [5.41, 5.74) is 1.03. The van der Waals surface area contributed by atoms with Gasteiger partial charge in [-0.25, -0.2) is 17.7 Å². The molecule has 13 heteroatoms. The molecule has 2 heterocycles. The minimum absolute atomic E-state index is 0.142. The Morgan fingerprint density at radius 3 is 2.63 bits per heavy atom. The number of halogens is 1. The second-order valence-electron chi connectivity index (χ2n) is 10.0. The van der Waals surface area contributed by atoms with Crippen molar-refractivity contribution in [3.8, 4) is 5.75 Å². The molecule has 0 unspecified atom stereocenters. The molecule has 0 spiro atoms. The van der Waals surface area contributed by atoms with Gasteiger partial charge in [0.2, 0.25) is 16.0 Å². The molecule has 11 nitrogen and oxygen atoms in total. The number of ether oxygens (including phenoxy) is 1. The van der Waals surface area contributed by atoms with Gasteiger partial charge in [0, 0.05) is 30.7 Å². The lowest BCUT2D eigenvalue weighted by molar-refractivity contribution is 0.0917. The summed E-state index contributed by atoms with van der Waals surface area (Å²) in [4.78, 5) is 24.0. The highest BCUT2D eigenvalue weighted by molar-refractivity contribution is 7.88. The van der Waals surface area contributed by atoms with Gasteiger partial charge in [0.15, 0.2) is 5.82 Å². The van der Waals surface area contributed by atoms with Gasteiger partial charge < -0.3 is 25.6 Å². The van der Waals surface area contributed by atoms with Crippen molar-refractivity contribution < 1.29 is 17.9 Å². The lowest BCUT2D eigenvalue weighted by Gasteiger charge is -2.29. The molecular weight excluding hydrogens is 530 g/mol. The van der Waals surface area contributed by atoms with Gasteiger partial charge in [0.25, 0.3) is 5.91 Å². The lowest BCUT2D eigenvalue weighted by atomic mass is 10.0. The highest BCUT2D eigenvalue weighted by Crippen LogP contribution is 2.32. The maximum absolute atomic E-state index is 12.9. The quantitative estimate of drug-likeness (QED) is 0.420. The molecule has 1 saturated heterocycles. The van der Waals surface area contributed by atoms with E-state index < -0.39 is 10.0 Å². The maximum Gasteiger partial charge on any atom is 0.251 e. The van der Waals surface area contributed by atoms with Gasteiger partial charge in [-0.1, -0.05) is 11.6 Å². The number of carbonyl (C=O) groups is 1. The zero-order valence-corrected chi connectivity index (χ0v) is 23.8. The molecule has 1 amide bonds. The van der Waals surface area contributed by atoms with Crippen LogP contribution in [0, 0.1) is 0 Å². The van der Waals surface area contributed by atoms with Crippen molar-refractivity contribution in [3.05, 3.63) is 35.0 Å². The Morgan fingerprint density at radius 2 is 1.95 bits per heavy atom. The van der Waals surface area contributed by atoms with E-state index in [2.05, 4.69) is 37.9 Å². The molecule has 4 rings (SSSR count). The molecule has 2 aromatic rings. The number of piperidine rings is 1. The number of carbonyl (C=O) groups excluding carboxylic acids is 1. The first kappa shape index (κ1) is 28.3. The number of methoxy groups -OCH3 is 1. The number of sulfonamides is 1. The Hall–Kier alpha value is -2.67. The van der Waals surface area contributed by atoms with Crippen molar-refractivity contribution in [1.82, 2.24) is 24.5 Å². The summed E-state index contributed by atoms with van der Waals surface area (Å²) in [6.45, 7) is 1.91. The third kappa shape index (κ3) is 6.85. The second-order valence-corrected chi connectivity index (χ2v) is 12.5. The number of hydrogen-bond donors (Lipinski definition) is 3. The number of anilines is 3. The van der Waals surface area contributed by atoms with Gasteiger partial charge in [-0.2, -0.15) is 4.98 Å². The van der Waals surface area contributed by atoms with E-state index in [9.17, 15) is 13.2 Å². The Balaban J connectivity index is 1.50. The summed E-state index contributed by atoms with van der Waals surface area (Å²) in [6, 6.07) is 4.96. The van der Waals surface area contributed by atoms with Crippen molar-refractivity contribution in [2.24, 2.45) is 0 Å². The first-order valence-electron chi connectivity index (χ1n) is 12.7. The summed E-state index contributed by atoms with van der Waals surface area (Å²) >= 11 is 6.39. The molecule has 38 heavy (non-hydrogen) atoms. The molecule has 1 aromatic carbocycles. The first-order chi connectivity index (χ1) is 18.0. The van der Waals surface area contributed by atoms with Crippen molar-refractivity contribution in [2.45, 2.75) is 50.2 Å². The van der Waals surface area contributed by atoms with Crippen LogP contribution in [-0.4, -0.2) is 92.2 Å². The number of rotatable bonds is 9. The molecule has 1 aliphatic carbocycles. The smallest absolute Gasteiger partial charge is 0.251 e. The van der Waals surface area contributed by atoms with Gasteiger partial charge in [0.1, 0.15) is 10.8 Å². The van der Waals surface area contributed by atoms with Gasteiger partial charge in [-0.15, -0.1) is 0 Å². The van der Waals surface area contributed by atoms with Crippen LogP contribution >= 0.6 is 11.6 Å². The fourth-order valence-electron chi connectivity index (χ4n) is 4.98. The summed E-state index contributed by atoms with van der Waals surface area (Å²) in [5.74, 6) is 1.04. The molecule has 1 aromatic heterocycles. The highest BCUT2D eigenvalue weighted by Gasteiger charge is 2.35. The number of likely N-dealkylation sites (N-methyl/N-ethyl adjacent to an activating group) is 1. The van der Waals surface area contributed by atoms with Gasteiger partial charge in [0.05, 0.1) is 25.2 Å². The monoisotopic (exact) mass is 565 g/mol. The summed E-state index contributed by atoms with van der Waals surface area (Å²) in [6.07, 6.45) is 6.94. The van der Waals surface area contributed by atoms with Crippen LogP contribution in [0.4, 0.5) is 17.5 Å². The number of nitrogens with one attached hydrogen (secondary N) is 3. The van der Waals surface area contributed by atoms with E-state index in [1.165, 1.54) is 16.8 Å². The van der Waals surface area contributed by atoms with E-state index in [0.717, 1.165) is 45.2 Å². The number of benzene rings is 1. The molecule has 0 radical (unpaired) electrons. The lowest BCUT2D eigenvalue weighted by Crippen LogP contribution is -2.44. The van der Waals surface area contributed by atoms with Crippen molar-refractivity contribution >= 4 is 45.0 Å². The minimum Gasteiger partial charge on any atom is -0.495 e. The molecular formula is C25H36ClN7O4S. The van der Waals surface area contributed by atoms with E-state index in [-0.39, 0.29) is 30.0 Å². The third-order valence-corrected chi connectivity index (χ3v) is 8.89. The normalized spacial score (nSPS) is 20.9. The molecule has 1 saturated carbocycles. The summed E-state index contributed by atoms with van der Waals surface area (Å²) < 4.78 is 31.1. The molecule has 2 fully saturated rings. The van der Waals surface area contributed by atoms with Crippen LogP contribution in [0.15, 0.2) is 24.4 Å². The van der Waals surface area contributed by atoms with Crippen molar-refractivity contribution in [1.29, 1.82) is 0 Å². The van der Waals surface area contributed by atoms with Crippen LogP contribution in [0.2, 0.25) is 5.02 Å². The number of aromatic nitrogens is 2. The van der Waals surface area contributed by atoms with E-state index in [4.69, 9.17) is 16.3 Å². The fourth-order valence-corrected chi connectivity index (χ4v) is 5.87. The van der Waals surface area contributed by atoms with Crippen molar-refractivity contribution in [2.75, 3.05) is 51.2 Å². The van der Waals surface area contributed by atoms with Crippen LogP contribution in [0.3, 0.4) is 0 Å². The number of amides is 1. The van der Waals surface area contributed by atoms with Crippen molar-refractivity contribution in [3.63, 3.8) is 0 Å². The van der Waals surface area contributed by atoms with Crippen LogP contribution in [0.25, 0.3) is 0 Å². The van der Waals surface area contributed by atoms with Crippen LogP contribution in [-0.2, 0) is 10.0 Å². The number of hydrogen-bond acceptors (Lipinski definition) is 9. The topological polar surface area (TPSA) is 129 Å². The van der Waals surface area contributed by atoms with E-state index >= 15 is 0 Å². The van der Waals surface area contributed by atoms with Crippen LogP contribution < -0.4 is 20.7 Å². The second kappa shape index (κ2) is 12.0. The van der Waals surface area contributed by atoms with E-state index in [1.807, 2.05) is 0 Å². The molecule has 2 aliphatic rings. The molecule has 208 valence electrons. The number of likely N-dealkylation sites (tertiary alicyclic amines) is 1. The van der Waals surface area contributed by atoms with E-state index in [0.29, 0.717) is 27.8 Å². The summed E-state index contributed by atoms with van der Waals surface area (Å²) in [5, 5.41) is 9.90. The molecule has 0 bridgehead atoms. The van der Waals surface area contributed by atoms with E-state index in [1.54, 1.807) is 32.4 Å². The zero-order valence-electron chi connectivity index (χ0n) is 22.2. The Labute approximate surface area is 229 Å². The van der Waals surface area contributed by atoms with Crippen LogP contribution in [0.1, 0.15) is 42.5 Å². The SMILES string of the molecule is COc1ccc(C(=O)NC2CCN(C)CC2)cc1Nc1ncc(Cl)c(N[C@@H]2CCC[C@H]2N(C)S(C)(=O)=O)n1.